The Morgan fingerprint density at radius 3 is 2.23 bits per heavy atom. The molecule has 2 aromatic heterocycles. The van der Waals surface area contributed by atoms with Crippen LogP contribution in [0.2, 0.25) is 0 Å². The van der Waals surface area contributed by atoms with Crippen LogP contribution in [0.5, 0.6) is 0 Å². The third kappa shape index (κ3) is 4.49. The molecule has 1 N–H and O–H groups in total. The van der Waals surface area contributed by atoms with Gasteiger partial charge in [0.15, 0.2) is 0 Å². The van der Waals surface area contributed by atoms with Gasteiger partial charge >= 0.3 is 0 Å². The molecule has 0 atom stereocenters. The van der Waals surface area contributed by atoms with E-state index in [1.807, 2.05) is 44.2 Å². The zero-order valence-corrected chi connectivity index (χ0v) is 17.9. The van der Waals surface area contributed by atoms with Gasteiger partial charge in [-0.2, -0.15) is 4.31 Å². The maximum Gasteiger partial charge on any atom is 0.243 e. The number of rotatable bonds is 5. The lowest BCUT2D eigenvalue weighted by Gasteiger charge is -2.31. The van der Waals surface area contributed by atoms with Crippen molar-refractivity contribution in [2.45, 2.75) is 37.5 Å². The van der Waals surface area contributed by atoms with E-state index in [1.54, 1.807) is 28.6 Å². The molecule has 0 bridgehead atoms. The van der Waals surface area contributed by atoms with Crippen LogP contribution in [0, 0.1) is 13.8 Å². The Labute approximate surface area is 177 Å². The molecule has 1 aliphatic rings. The minimum atomic E-state index is -3.44. The van der Waals surface area contributed by atoms with Gasteiger partial charge in [0.2, 0.25) is 16.0 Å². The van der Waals surface area contributed by atoms with E-state index >= 15 is 0 Å². The number of nitrogens with zero attached hydrogens (tertiary/aromatic N) is 4. The van der Waals surface area contributed by atoms with Crippen molar-refractivity contribution in [2.24, 2.45) is 0 Å². The molecule has 8 heteroatoms. The van der Waals surface area contributed by atoms with Crippen LogP contribution >= 0.6 is 0 Å². The summed E-state index contributed by atoms with van der Waals surface area (Å²) in [7, 11) is -3.44. The largest absolute Gasteiger partial charge is 0.309 e. The van der Waals surface area contributed by atoms with Gasteiger partial charge in [0.05, 0.1) is 4.90 Å². The van der Waals surface area contributed by atoms with E-state index in [-0.39, 0.29) is 5.92 Å². The monoisotopic (exact) mass is 423 g/mol. The Morgan fingerprint density at radius 1 is 0.900 bits per heavy atom. The van der Waals surface area contributed by atoms with Crippen molar-refractivity contribution in [3.8, 4) is 0 Å². The Bertz CT molecular complexity index is 1110. The van der Waals surface area contributed by atoms with E-state index in [4.69, 9.17) is 4.98 Å². The summed E-state index contributed by atoms with van der Waals surface area (Å²) in [6.45, 7) is 4.84. The summed E-state index contributed by atoms with van der Waals surface area (Å²) in [6, 6.07) is 16.4. The molecule has 0 aliphatic carbocycles. The van der Waals surface area contributed by atoms with Crippen molar-refractivity contribution in [1.82, 2.24) is 19.3 Å². The molecule has 1 aromatic carbocycles. The molecule has 0 amide bonds. The van der Waals surface area contributed by atoms with Crippen molar-refractivity contribution in [1.29, 1.82) is 0 Å². The summed E-state index contributed by atoms with van der Waals surface area (Å²) >= 11 is 0. The zero-order chi connectivity index (χ0) is 21.1. The van der Waals surface area contributed by atoms with Gasteiger partial charge in [0.25, 0.3) is 0 Å². The molecule has 0 unspecified atom stereocenters. The number of aryl methyl sites for hydroxylation is 2. The average Bonchev–Trinajstić information content (AvgIpc) is 2.74. The van der Waals surface area contributed by atoms with Gasteiger partial charge in [-0.15, -0.1) is 0 Å². The summed E-state index contributed by atoms with van der Waals surface area (Å²) in [6.07, 6.45) is 1.48. The molecule has 30 heavy (non-hydrogen) atoms. The average molecular weight is 424 g/mol. The highest BCUT2D eigenvalue weighted by Gasteiger charge is 2.30. The number of nitrogens with one attached hydrogen (secondary N) is 1. The highest BCUT2D eigenvalue weighted by molar-refractivity contribution is 7.89. The second-order valence-corrected chi connectivity index (χ2v) is 9.48. The van der Waals surface area contributed by atoms with Gasteiger partial charge in [0.1, 0.15) is 5.82 Å². The minimum Gasteiger partial charge on any atom is -0.309 e. The Morgan fingerprint density at radius 2 is 1.57 bits per heavy atom. The molecule has 1 aliphatic heterocycles. The van der Waals surface area contributed by atoms with Crippen LogP contribution in [0.25, 0.3) is 0 Å². The SMILES string of the molecule is Cc1cc(C)nc(Nc2cccc(C3CCN(S(=O)(=O)c4ccccc4)CC3)n2)n1. The van der Waals surface area contributed by atoms with Crippen LogP contribution in [0.3, 0.4) is 0 Å². The van der Waals surface area contributed by atoms with Gasteiger partial charge in [0, 0.05) is 36.1 Å². The minimum absolute atomic E-state index is 0.217. The van der Waals surface area contributed by atoms with Crippen molar-refractivity contribution < 1.29 is 8.42 Å². The fraction of sp³-hybridized carbons (Fsp3) is 0.318. The Hall–Kier alpha value is -2.84. The van der Waals surface area contributed by atoms with Crippen molar-refractivity contribution in [2.75, 3.05) is 18.4 Å². The second-order valence-electron chi connectivity index (χ2n) is 7.54. The lowest BCUT2D eigenvalue weighted by Crippen LogP contribution is -2.38. The van der Waals surface area contributed by atoms with Crippen LogP contribution in [0.15, 0.2) is 59.5 Å². The molecule has 156 valence electrons. The van der Waals surface area contributed by atoms with E-state index < -0.39 is 10.0 Å². The topological polar surface area (TPSA) is 88.1 Å². The molecule has 0 saturated carbocycles. The standard InChI is InChI=1S/C22H25N5O2S/c1-16-15-17(2)24-22(23-16)26-21-10-6-9-20(25-21)18-11-13-27(14-12-18)30(28,29)19-7-4-3-5-8-19/h3-10,15,18H,11-14H2,1-2H3,(H,23,24,25,26). The van der Waals surface area contributed by atoms with E-state index in [0.717, 1.165) is 29.9 Å². The van der Waals surface area contributed by atoms with Crippen molar-refractivity contribution >= 4 is 21.8 Å². The molecule has 1 fully saturated rings. The highest BCUT2D eigenvalue weighted by atomic mass is 32.2. The van der Waals surface area contributed by atoms with Crippen LogP contribution < -0.4 is 5.32 Å². The summed E-state index contributed by atoms with van der Waals surface area (Å²) in [5, 5.41) is 3.18. The number of benzene rings is 1. The van der Waals surface area contributed by atoms with Crippen molar-refractivity contribution in [3.63, 3.8) is 0 Å². The smallest absolute Gasteiger partial charge is 0.243 e. The fourth-order valence-electron chi connectivity index (χ4n) is 3.78. The third-order valence-electron chi connectivity index (χ3n) is 5.25. The molecule has 1 saturated heterocycles. The number of aromatic nitrogens is 3. The number of anilines is 2. The van der Waals surface area contributed by atoms with E-state index in [1.165, 1.54) is 0 Å². The quantitative estimate of drug-likeness (QED) is 0.672. The molecular formula is C22H25N5O2S. The second kappa shape index (κ2) is 8.49. The maximum absolute atomic E-state index is 12.8. The first kappa shape index (κ1) is 20.4. The molecule has 0 spiro atoms. The van der Waals surface area contributed by atoms with Crippen LogP contribution in [0.4, 0.5) is 11.8 Å². The normalized spacial score (nSPS) is 15.8. The lowest BCUT2D eigenvalue weighted by atomic mass is 9.94. The summed E-state index contributed by atoms with van der Waals surface area (Å²) in [5.74, 6) is 1.44. The fourth-order valence-corrected chi connectivity index (χ4v) is 5.27. The summed E-state index contributed by atoms with van der Waals surface area (Å²) < 4.78 is 27.2. The van der Waals surface area contributed by atoms with Gasteiger partial charge < -0.3 is 5.32 Å². The number of hydrogen-bond acceptors (Lipinski definition) is 6. The van der Waals surface area contributed by atoms with Gasteiger partial charge in [-0.25, -0.2) is 23.4 Å². The molecular weight excluding hydrogens is 398 g/mol. The van der Waals surface area contributed by atoms with Gasteiger partial charge in [-0.1, -0.05) is 24.3 Å². The Kier molecular flexibility index (Phi) is 5.78. The molecule has 7 nitrogen and oxygen atoms in total. The first-order valence-corrected chi connectivity index (χ1v) is 11.5. The first-order chi connectivity index (χ1) is 14.4. The van der Waals surface area contributed by atoms with Crippen LogP contribution in [-0.4, -0.2) is 40.8 Å². The van der Waals surface area contributed by atoms with E-state index in [0.29, 0.717) is 29.8 Å². The Balaban J connectivity index is 1.44. The van der Waals surface area contributed by atoms with Gasteiger partial charge in [-0.3, -0.25) is 0 Å². The molecule has 4 rings (SSSR count). The predicted octanol–water partition coefficient (Wildman–Crippen LogP) is 3.80. The molecule has 3 aromatic rings. The highest BCUT2D eigenvalue weighted by Crippen LogP contribution is 2.30. The third-order valence-corrected chi connectivity index (χ3v) is 7.16. The summed E-state index contributed by atoms with van der Waals surface area (Å²) in [5.41, 5.74) is 2.75. The molecule has 0 radical (unpaired) electrons. The van der Waals surface area contributed by atoms with E-state index in [2.05, 4.69) is 15.3 Å². The molecule has 3 heterocycles. The number of sulfonamides is 1. The number of hydrogen-bond donors (Lipinski definition) is 1. The summed E-state index contributed by atoms with van der Waals surface area (Å²) in [4.78, 5) is 13.9. The van der Waals surface area contributed by atoms with Crippen molar-refractivity contribution in [3.05, 3.63) is 71.7 Å². The number of pyridine rings is 1. The van der Waals surface area contributed by atoms with Crippen LogP contribution in [0.1, 0.15) is 35.8 Å². The van der Waals surface area contributed by atoms with E-state index in [9.17, 15) is 8.42 Å². The zero-order valence-electron chi connectivity index (χ0n) is 17.1. The first-order valence-electron chi connectivity index (χ1n) is 10.0. The lowest BCUT2D eigenvalue weighted by molar-refractivity contribution is 0.317. The number of piperidine rings is 1. The predicted molar refractivity (Wildman–Crippen MR) is 116 cm³/mol. The maximum atomic E-state index is 12.8. The van der Waals surface area contributed by atoms with Crippen LogP contribution in [-0.2, 0) is 10.0 Å². The van der Waals surface area contributed by atoms with Gasteiger partial charge in [-0.05, 0) is 57.0 Å².